The fourth-order valence-electron chi connectivity index (χ4n) is 2.69. The highest BCUT2D eigenvalue weighted by Gasteiger charge is 2.36. The molecule has 0 spiro atoms. The largest absolute Gasteiger partial charge is 0.479 e. The Morgan fingerprint density at radius 1 is 0.939 bits per heavy atom. The first kappa shape index (κ1) is 26.1. The zero-order valence-electron chi connectivity index (χ0n) is 18.2. The molecular formula is C22H27N2O8P. The highest BCUT2D eigenvalue weighted by Crippen LogP contribution is 2.47. The predicted molar refractivity (Wildman–Crippen MR) is 119 cm³/mol. The van der Waals surface area contributed by atoms with E-state index in [1.165, 1.54) is 13.8 Å². The lowest BCUT2D eigenvalue weighted by Crippen LogP contribution is -2.47. The van der Waals surface area contributed by atoms with Gasteiger partial charge in [0.15, 0.2) is 6.10 Å². The van der Waals surface area contributed by atoms with Crippen molar-refractivity contribution in [1.82, 2.24) is 10.6 Å². The molecule has 0 aliphatic carbocycles. The van der Waals surface area contributed by atoms with Crippen LogP contribution >= 0.6 is 7.60 Å². The number of amides is 2. The van der Waals surface area contributed by atoms with Crippen LogP contribution in [0.15, 0.2) is 60.7 Å². The Morgan fingerprint density at radius 2 is 1.48 bits per heavy atom. The monoisotopic (exact) mass is 478 g/mol. The van der Waals surface area contributed by atoms with E-state index in [4.69, 9.17) is 9.26 Å². The smallest absolute Gasteiger partial charge is 0.408 e. The minimum Gasteiger partial charge on any atom is -0.479 e. The third-order valence-corrected chi connectivity index (χ3v) is 6.26. The highest BCUT2D eigenvalue weighted by molar-refractivity contribution is 7.53. The molecule has 2 aromatic carbocycles. The first-order valence-corrected chi connectivity index (χ1v) is 11.8. The molecule has 11 heteroatoms. The van der Waals surface area contributed by atoms with Gasteiger partial charge < -0.3 is 25.4 Å². The molecule has 0 heterocycles. The van der Waals surface area contributed by atoms with Crippen LogP contribution in [0.5, 0.6) is 0 Å². The highest BCUT2D eigenvalue weighted by atomic mass is 31.2. The van der Waals surface area contributed by atoms with Gasteiger partial charge in [0.05, 0.1) is 0 Å². The Bertz CT molecular complexity index is 986. The molecule has 178 valence electrons. The van der Waals surface area contributed by atoms with Crippen molar-refractivity contribution in [1.29, 1.82) is 0 Å². The van der Waals surface area contributed by atoms with Gasteiger partial charge in [0, 0.05) is 6.42 Å². The lowest BCUT2D eigenvalue weighted by atomic mass is 10.1. The van der Waals surface area contributed by atoms with Crippen molar-refractivity contribution in [3.8, 4) is 0 Å². The number of aliphatic carboxylic acids is 1. The lowest BCUT2D eigenvalue weighted by Gasteiger charge is -2.24. The molecule has 4 unspecified atom stereocenters. The summed E-state index contributed by atoms with van der Waals surface area (Å²) in [6, 6.07) is 16.3. The van der Waals surface area contributed by atoms with Gasteiger partial charge in [-0.3, -0.25) is 13.9 Å². The van der Waals surface area contributed by atoms with Crippen molar-refractivity contribution in [3.63, 3.8) is 0 Å². The van der Waals surface area contributed by atoms with Crippen LogP contribution in [-0.2, 0) is 36.4 Å². The third kappa shape index (κ3) is 8.69. The van der Waals surface area contributed by atoms with E-state index >= 15 is 0 Å². The summed E-state index contributed by atoms with van der Waals surface area (Å²) in [5.41, 5.74) is 1.37. The Balaban J connectivity index is 1.88. The van der Waals surface area contributed by atoms with Gasteiger partial charge in [-0.05, 0) is 25.0 Å². The summed E-state index contributed by atoms with van der Waals surface area (Å²) in [5, 5.41) is 14.0. The second-order valence-corrected chi connectivity index (χ2v) is 9.41. The first-order valence-electron chi connectivity index (χ1n) is 10.1. The van der Waals surface area contributed by atoms with Crippen LogP contribution in [0, 0.1) is 0 Å². The Kier molecular flexibility index (Phi) is 9.59. The van der Waals surface area contributed by atoms with Crippen molar-refractivity contribution in [2.45, 2.75) is 44.8 Å². The number of carbonyl (C=O) groups excluding carboxylic acids is 2. The van der Waals surface area contributed by atoms with E-state index < -0.39 is 43.5 Å². The molecule has 0 aromatic heterocycles. The van der Waals surface area contributed by atoms with Gasteiger partial charge in [-0.15, -0.1) is 0 Å². The van der Waals surface area contributed by atoms with Gasteiger partial charge in [0.25, 0.3) is 0 Å². The maximum atomic E-state index is 12.6. The van der Waals surface area contributed by atoms with Crippen LogP contribution in [-0.4, -0.2) is 45.9 Å². The summed E-state index contributed by atoms with van der Waals surface area (Å²) in [6.07, 6.45) is -2.57. The number of carboxylic acids is 1. The zero-order valence-corrected chi connectivity index (χ0v) is 19.1. The summed E-state index contributed by atoms with van der Waals surface area (Å²) in [7, 11) is -4.57. The molecule has 0 bridgehead atoms. The average Bonchev–Trinajstić information content (AvgIpc) is 2.78. The predicted octanol–water partition coefficient (Wildman–Crippen LogP) is 2.66. The molecule has 4 atom stereocenters. The number of rotatable bonds is 11. The zero-order chi connectivity index (χ0) is 24.4. The lowest BCUT2D eigenvalue weighted by molar-refractivity contribution is -0.145. The fraction of sp³-hybridized carbons (Fsp3) is 0.318. The van der Waals surface area contributed by atoms with E-state index in [0.29, 0.717) is 5.56 Å². The molecular weight excluding hydrogens is 451 g/mol. The number of hydrogen-bond donors (Lipinski definition) is 4. The maximum absolute atomic E-state index is 12.6. The summed E-state index contributed by atoms with van der Waals surface area (Å²) < 4.78 is 22.6. The third-order valence-electron chi connectivity index (χ3n) is 4.60. The van der Waals surface area contributed by atoms with Crippen molar-refractivity contribution >= 4 is 25.6 Å². The molecule has 0 aliphatic heterocycles. The van der Waals surface area contributed by atoms with Gasteiger partial charge in [-0.25, -0.2) is 9.59 Å². The number of hydrogen-bond acceptors (Lipinski definition) is 6. The molecule has 10 nitrogen and oxygen atoms in total. The molecule has 2 rings (SSSR count). The molecule has 2 aromatic rings. The molecule has 33 heavy (non-hydrogen) atoms. The number of nitrogens with one attached hydrogen (secondary N) is 2. The van der Waals surface area contributed by atoms with Gasteiger partial charge in [0.1, 0.15) is 18.4 Å². The summed E-state index contributed by atoms with van der Waals surface area (Å²) >= 11 is 0. The number of carboxylic acid groups (broad SMARTS) is 1. The second kappa shape index (κ2) is 12.2. The Hall–Kier alpha value is -3.20. The number of alkyl carbamates (subject to hydrolysis) is 1. The molecule has 0 radical (unpaired) electrons. The standard InChI is InChI=1S/C22H27N2O8P/c1-15(23-22(28)31-14-18-11-7-4-8-12-18)20(25)24-16(2)33(29,30)32-19(21(26)27)13-17-9-5-3-6-10-17/h3-12,15-16,19H,13-14H2,1-2H3,(H,23,28)(H,24,25)(H,26,27)(H,29,30). The number of ether oxygens (including phenoxy) is 1. The van der Waals surface area contributed by atoms with Crippen LogP contribution in [0.1, 0.15) is 25.0 Å². The summed E-state index contributed by atoms with van der Waals surface area (Å²) in [5.74, 6) is -3.61. The topological polar surface area (TPSA) is 151 Å². The van der Waals surface area contributed by atoms with Crippen LogP contribution < -0.4 is 10.6 Å². The molecule has 0 aliphatic rings. The molecule has 0 fully saturated rings. The SMILES string of the molecule is CC(NC(=O)OCc1ccccc1)C(=O)NC(C)P(=O)(O)OC(Cc1ccccc1)C(=O)O. The first-order chi connectivity index (χ1) is 15.6. The molecule has 0 saturated heterocycles. The van der Waals surface area contributed by atoms with Gasteiger partial charge in [-0.2, -0.15) is 0 Å². The number of carbonyl (C=O) groups is 3. The minimum absolute atomic E-state index is 0.00902. The maximum Gasteiger partial charge on any atom is 0.408 e. The van der Waals surface area contributed by atoms with Crippen molar-refractivity contribution in [3.05, 3.63) is 71.8 Å². The molecule has 4 N–H and O–H groups in total. The molecule has 0 saturated carbocycles. The van der Waals surface area contributed by atoms with Gasteiger partial charge >= 0.3 is 19.7 Å². The minimum atomic E-state index is -4.57. The number of benzene rings is 2. The van der Waals surface area contributed by atoms with Crippen molar-refractivity contribution in [2.24, 2.45) is 0 Å². The van der Waals surface area contributed by atoms with E-state index in [2.05, 4.69) is 10.6 Å². The van der Waals surface area contributed by atoms with Crippen LogP contribution in [0.25, 0.3) is 0 Å². The van der Waals surface area contributed by atoms with E-state index in [1.807, 2.05) is 6.07 Å². The normalized spacial score (nSPS) is 15.4. The Morgan fingerprint density at radius 3 is 2.03 bits per heavy atom. The average molecular weight is 478 g/mol. The summed E-state index contributed by atoms with van der Waals surface area (Å²) in [4.78, 5) is 46.0. The van der Waals surface area contributed by atoms with Gasteiger partial charge in [0.2, 0.25) is 5.91 Å². The van der Waals surface area contributed by atoms with E-state index in [0.717, 1.165) is 5.56 Å². The van der Waals surface area contributed by atoms with Crippen LogP contribution in [0.4, 0.5) is 4.79 Å². The van der Waals surface area contributed by atoms with Crippen molar-refractivity contribution in [2.75, 3.05) is 0 Å². The van der Waals surface area contributed by atoms with E-state index in [-0.39, 0.29) is 13.0 Å². The summed E-state index contributed by atoms with van der Waals surface area (Å²) in [6.45, 7) is 2.58. The molecule has 2 amide bonds. The van der Waals surface area contributed by atoms with E-state index in [9.17, 15) is 28.9 Å². The quantitative estimate of drug-likeness (QED) is 0.360. The van der Waals surface area contributed by atoms with Crippen molar-refractivity contribution < 1.29 is 38.2 Å². The fourth-order valence-corrected chi connectivity index (χ4v) is 3.69. The Labute approximate surface area is 191 Å². The van der Waals surface area contributed by atoms with E-state index in [1.54, 1.807) is 54.6 Å². The van der Waals surface area contributed by atoms with Crippen LogP contribution in [0.2, 0.25) is 0 Å². The van der Waals surface area contributed by atoms with Crippen LogP contribution in [0.3, 0.4) is 0 Å². The van der Waals surface area contributed by atoms with Gasteiger partial charge in [-0.1, -0.05) is 60.7 Å². The second-order valence-electron chi connectivity index (χ2n) is 7.30.